The lowest BCUT2D eigenvalue weighted by atomic mass is 9.85. The summed E-state index contributed by atoms with van der Waals surface area (Å²) in [7, 11) is 0. The number of amides is 1. The van der Waals surface area contributed by atoms with Crippen LogP contribution in [0.1, 0.15) is 44.6 Å². The molecular formula is C22H30N2O3. The number of para-hydroxylation sites is 1. The number of benzene rings is 1. The van der Waals surface area contributed by atoms with Crippen LogP contribution in [0.15, 0.2) is 34.9 Å². The van der Waals surface area contributed by atoms with Crippen LogP contribution in [0.2, 0.25) is 0 Å². The van der Waals surface area contributed by atoms with Gasteiger partial charge in [-0.15, -0.1) is 0 Å². The maximum atomic E-state index is 12.0. The van der Waals surface area contributed by atoms with Crippen molar-refractivity contribution < 1.29 is 13.9 Å². The molecule has 146 valence electrons. The molecule has 27 heavy (non-hydrogen) atoms. The maximum Gasteiger partial charge on any atom is 0.409 e. The number of carbonyl (C=O) groups is 1. The second kappa shape index (κ2) is 7.93. The average molecular weight is 370 g/mol. The summed E-state index contributed by atoms with van der Waals surface area (Å²) in [6, 6.07) is 9.11. The molecule has 0 N–H and O–H groups in total. The van der Waals surface area contributed by atoms with E-state index in [0.717, 1.165) is 38.2 Å². The first-order chi connectivity index (χ1) is 13.2. The number of furan rings is 1. The predicted octanol–water partition coefficient (Wildman–Crippen LogP) is 4.48. The molecule has 0 saturated carbocycles. The van der Waals surface area contributed by atoms with E-state index in [2.05, 4.69) is 30.0 Å². The topological polar surface area (TPSA) is 45.9 Å². The summed E-state index contributed by atoms with van der Waals surface area (Å²) in [4.78, 5) is 16.5. The summed E-state index contributed by atoms with van der Waals surface area (Å²) in [5, 5.41) is 1.20. The number of nitrogens with zero attached hydrogens (tertiary/aromatic N) is 2. The third-order valence-corrected chi connectivity index (χ3v) is 6.33. The van der Waals surface area contributed by atoms with Gasteiger partial charge in [-0.05, 0) is 62.7 Å². The number of rotatable bonds is 3. The number of carbonyl (C=O) groups excluding carboxylic acids is 1. The van der Waals surface area contributed by atoms with E-state index in [9.17, 15) is 4.79 Å². The fraction of sp³-hybridized carbons (Fsp3) is 0.591. The number of fused-ring (bicyclic) bond motifs is 1. The van der Waals surface area contributed by atoms with Crippen LogP contribution in [0.5, 0.6) is 0 Å². The highest BCUT2D eigenvalue weighted by Crippen LogP contribution is 2.35. The van der Waals surface area contributed by atoms with Crippen LogP contribution in [0, 0.1) is 5.92 Å². The highest BCUT2D eigenvalue weighted by Gasteiger charge is 2.35. The quantitative estimate of drug-likeness (QED) is 0.799. The molecule has 5 nitrogen and oxygen atoms in total. The first-order valence-electron chi connectivity index (χ1n) is 10.3. The molecule has 1 amide bonds. The van der Waals surface area contributed by atoms with Crippen molar-refractivity contribution in [2.75, 3.05) is 32.8 Å². The Kier molecular flexibility index (Phi) is 5.39. The van der Waals surface area contributed by atoms with Crippen molar-refractivity contribution in [3.63, 3.8) is 0 Å². The number of hydrogen-bond acceptors (Lipinski definition) is 4. The Balaban J connectivity index is 1.36. The van der Waals surface area contributed by atoms with E-state index in [4.69, 9.17) is 9.15 Å². The first kappa shape index (κ1) is 18.4. The molecule has 2 atom stereocenters. The van der Waals surface area contributed by atoms with Crippen LogP contribution in [0.3, 0.4) is 0 Å². The van der Waals surface area contributed by atoms with Gasteiger partial charge in [0.05, 0.1) is 12.9 Å². The first-order valence-corrected chi connectivity index (χ1v) is 10.3. The van der Waals surface area contributed by atoms with Crippen molar-refractivity contribution in [2.24, 2.45) is 5.92 Å². The molecule has 5 heteroatoms. The number of ether oxygens (including phenoxy) is 1. The van der Waals surface area contributed by atoms with Gasteiger partial charge in [-0.1, -0.05) is 25.1 Å². The van der Waals surface area contributed by atoms with E-state index in [1.54, 1.807) is 6.26 Å². The molecule has 0 aliphatic carbocycles. The Morgan fingerprint density at radius 2 is 2.00 bits per heavy atom. The highest BCUT2D eigenvalue weighted by atomic mass is 16.6. The van der Waals surface area contributed by atoms with Crippen LogP contribution in [-0.4, -0.2) is 54.7 Å². The summed E-state index contributed by atoms with van der Waals surface area (Å²) in [6.45, 7) is 8.43. The summed E-state index contributed by atoms with van der Waals surface area (Å²) < 4.78 is 10.9. The van der Waals surface area contributed by atoms with Crippen LogP contribution in [-0.2, 0) is 4.74 Å². The standard InChI is InChI=1S/C22H30N2O3/c1-3-26-22(25)24-13-9-20(16(2)15-24)23-11-7-17(8-12-23)19-6-4-5-18-10-14-27-21(18)19/h4-6,10,14,16-17,20H,3,7-9,11-13,15H2,1-2H3/t16-,20-/m0/s1. The Morgan fingerprint density at radius 3 is 2.74 bits per heavy atom. The summed E-state index contributed by atoms with van der Waals surface area (Å²) in [5.41, 5.74) is 2.43. The van der Waals surface area contributed by atoms with E-state index in [0.29, 0.717) is 24.5 Å². The molecule has 2 saturated heterocycles. The Morgan fingerprint density at radius 1 is 1.19 bits per heavy atom. The monoisotopic (exact) mass is 370 g/mol. The number of likely N-dealkylation sites (tertiary alicyclic amines) is 2. The van der Waals surface area contributed by atoms with Crippen molar-refractivity contribution in [3.05, 3.63) is 36.1 Å². The lowest BCUT2D eigenvalue weighted by Gasteiger charge is -2.45. The van der Waals surface area contributed by atoms with Gasteiger partial charge in [0.2, 0.25) is 0 Å². The van der Waals surface area contributed by atoms with Crippen LogP contribution in [0.4, 0.5) is 4.79 Å². The van der Waals surface area contributed by atoms with Crippen LogP contribution < -0.4 is 0 Å². The minimum absolute atomic E-state index is 0.159. The molecule has 2 fully saturated rings. The molecule has 2 aromatic rings. The van der Waals surface area contributed by atoms with Gasteiger partial charge < -0.3 is 14.1 Å². The molecule has 2 aliphatic rings. The van der Waals surface area contributed by atoms with Crippen LogP contribution in [0.25, 0.3) is 11.0 Å². The average Bonchev–Trinajstić information content (AvgIpc) is 3.17. The van der Waals surface area contributed by atoms with Crippen molar-refractivity contribution in [1.82, 2.24) is 9.80 Å². The largest absolute Gasteiger partial charge is 0.464 e. The van der Waals surface area contributed by atoms with Gasteiger partial charge in [0.25, 0.3) is 0 Å². The SMILES string of the molecule is CCOC(=O)N1CC[C@H](N2CCC(c3cccc4ccoc34)CC2)[C@@H](C)C1. The van der Waals surface area contributed by atoms with Gasteiger partial charge in [0.1, 0.15) is 5.58 Å². The summed E-state index contributed by atoms with van der Waals surface area (Å²) in [6.07, 6.45) is 5.02. The number of piperidine rings is 2. The lowest BCUT2D eigenvalue weighted by molar-refractivity contribution is 0.0385. The smallest absolute Gasteiger partial charge is 0.409 e. The van der Waals surface area contributed by atoms with E-state index in [1.807, 2.05) is 17.9 Å². The van der Waals surface area contributed by atoms with Gasteiger partial charge in [-0.2, -0.15) is 0 Å². The van der Waals surface area contributed by atoms with E-state index >= 15 is 0 Å². The molecule has 3 heterocycles. The zero-order valence-electron chi connectivity index (χ0n) is 16.4. The normalized spacial score (nSPS) is 25.0. The van der Waals surface area contributed by atoms with E-state index in [1.165, 1.54) is 23.8 Å². The molecule has 4 rings (SSSR count). The van der Waals surface area contributed by atoms with Gasteiger partial charge in [-0.25, -0.2) is 4.79 Å². The maximum absolute atomic E-state index is 12.0. The summed E-state index contributed by atoms with van der Waals surface area (Å²) in [5.74, 6) is 1.05. The molecule has 0 unspecified atom stereocenters. The highest BCUT2D eigenvalue weighted by molar-refractivity contribution is 5.80. The Labute approximate surface area is 161 Å². The fourth-order valence-corrected chi connectivity index (χ4v) is 4.94. The van der Waals surface area contributed by atoms with Gasteiger partial charge >= 0.3 is 6.09 Å². The molecule has 0 bridgehead atoms. The van der Waals surface area contributed by atoms with Gasteiger partial charge in [0, 0.05) is 24.5 Å². The van der Waals surface area contributed by atoms with Crippen molar-refractivity contribution >= 4 is 17.1 Å². The zero-order valence-corrected chi connectivity index (χ0v) is 16.4. The second-order valence-corrected chi connectivity index (χ2v) is 7.97. The van der Waals surface area contributed by atoms with Gasteiger partial charge in [-0.3, -0.25) is 4.90 Å². The molecule has 0 radical (unpaired) electrons. The minimum Gasteiger partial charge on any atom is -0.464 e. The Bertz CT molecular complexity index is 779. The number of hydrogen-bond donors (Lipinski definition) is 0. The zero-order chi connectivity index (χ0) is 18.8. The van der Waals surface area contributed by atoms with Crippen LogP contribution >= 0.6 is 0 Å². The van der Waals surface area contributed by atoms with Crippen molar-refractivity contribution in [3.8, 4) is 0 Å². The third-order valence-electron chi connectivity index (χ3n) is 6.33. The van der Waals surface area contributed by atoms with Crippen molar-refractivity contribution in [2.45, 2.75) is 45.1 Å². The molecule has 0 spiro atoms. The fourth-order valence-electron chi connectivity index (χ4n) is 4.94. The van der Waals surface area contributed by atoms with E-state index < -0.39 is 0 Å². The lowest BCUT2D eigenvalue weighted by Crippen LogP contribution is -2.53. The minimum atomic E-state index is -0.159. The molecule has 1 aromatic heterocycles. The Hall–Kier alpha value is -2.01. The van der Waals surface area contributed by atoms with Crippen molar-refractivity contribution in [1.29, 1.82) is 0 Å². The summed E-state index contributed by atoms with van der Waals surface area (Å²) >= 11 is 0. The molecular weight excluding hydrogens is 340 g/mol. The molecule has 1 aromatic carbocycles. The van der Waals surface area contributed by atoms with Gasteiger partial charge in [0.15, 0.2) is 0 Å². The third kappa shape index (κ3) is 3.70. The predicted molar refractivity (Wildman–Crippen MR) is 106 cm³/mol. The van der Waals surface area contributed by atoms with E-state index in [-0.39, 0.29) is 6.09 Å². The molecule has 2 aliphatic heterocycles. The second-order valence-electron chi connectivity index (χ2n) is 7.97.